The summed E-state index contributed by atoms with van der Waals surface area (Å²) in [4.78, 5) is 7.97. The fraction of sp³-hybridized carbons (Fsp3) is 0.421. The zero-order chi connectivity index (χ0) is 20.2. The quantitative estimate of drug-likeness (QED) is 0.400. The predicted octanol–water partition coefficient (Wildman–Crippen LogP) is 1.08. The molecule has 0 unspecified atom stereocenters. The smallest absolute Gasteiger partial charge is 0.128 e. The van der Waals surface area contributed by atoms with Crippen LogP contribution in [0.5, 0.6) is 0 Å². The van der Waals surface area contributed by atoms with Crippen LogP contribution in [-0.2, 0) is 0 Å². The second-order valence-electron chi connectivity index (χ2n) is 5.96. The van der Waals surface area contributed by atoms with Gasteiger partial charge in [0.05, 0.1) is 38.3 Å². The molecule has 0 atom stereocenters. The van der Waals surface area contributed by atoms with Gasteiger partial charge in [0.25, 0.3) is 0 Å². The van der Waals surface area contributed by atoms with E-state index in [2.05, 4.69) is 15.2 Å². The maximum Gasteiger partial charge on any atom is 0.128 e. The summed E-state index contributed by atoms with van der Waals surface area (Å²) in [7, 11) is 0. The van der Waals surface area contributed by atoms with Gasteiger partial charge in [0.1, 0.15) is 11.5 Å². The largest absolute Gasteiger partial charge is 0.395 e. The average molecular weight is 389 g/mol. The van der Waals surface area contributed by atoms with Gasteiger partial charge in [-0.05, 0) is 36.4 Å². The van der Waals surface area contributed by atoms with Gasteiger partial charge >= 0.3 is 0 Å². The minimum absolute atomic E-state index is 0.0124. The van der Waals surface area contributed by atoms with Gasteiger partial charge in [-0.3, -0.25) is 0 Å². The van der Waals surface area contributed by atoms with Crippen molar-refractivity contribution >= 4 is 22.9 Å². The molecule has 0 saturated carbocycles. The molecule has 0 aliphatic heterocycles. The fourth-order valence-electron chi connectivity index (χ4n) is 2.66. The fourth-order valence-corrected chi connectivity index (χ4v) is 2.66. The van der Waals surface area contributed by atoms with Crippen LogP contribution < -0.4 is 9.80 Å². The molecule has 28 heavy (non-hydrogen) atoms. The van der Waals surface area contributed by atoms with Crippen molar-refractivity contribution in [3.8, 4) is 0 Å². The molecule has 0 spiro atoms. The zero-order valence-electron chi connectivity index (χ0n) is 15.7. The number of benzene rings is 1. The van der Waals surface area contributed by atoms with Gasteiger partial charge in [-0.15, -0.1) is 5.11 Å². The highest BCUT2D eigenvalue weighted by molar-refractivity contribution is 5.53. The second kappa shape index (κ2) is 12.0. The standard InChI is InChI=1S/C19H27N5O4/c25-11-7-23(8-12-26)18-4-1-16(2-5-18)21-22-17-3-6-19(20-15-17)24(9-13-27)10-14-28/h1-6,15,25-28H,7-14H2. The number of pyridine rings is 1. The molecular formula is C19H27N5O4. The summed E-state index contributed by atoms with van der Waals surface area (Å²) in [5.74, 6) is 0.652. The van der Waals surface area contributed by atoms with E-state index in [1.54, 1.807) is 23.2 Å². The van der Waals surface area contributed by atoms with Crippen LogP contribution in [0.2, 0.25) is 0 Å². The second-order valence-corrected chi connectivity index (χ2v) is 5.96. The lowest BCUT2D eigenvalue weighted by atomic mass is 10.2. The first kappa shape index (κ1) is 21.7. The Labute approximate surface area is 164 Å². The Morgan fingerprint density at radius 1 is 0.643 bits per heavy atom. The van der Waals surface area contributed by atoms with E-state index in [0.717, 1.165) is 5.69 Å². The van der Waals surface area contributed by atoms with Gasteiger partial charge in [-0.25, -0.2) is 4.98 Å². The number of azo groups is 1. The summed E-state index contributed by atoms with van der Waals surface area (Å²) < 4.78 is 0. The molecule has 0 bridgehead atoms. The van der Waals surface area contributed by atoms with Crippen molar-refractivity contribution in [1.29, 1.82) is 0 Å². The number of nitrogens with zero attached hydrogens (tertiary/aromatic N) is 5. The summed E-state index contributed by atoms with van der Waals surface area (Å²) in [6, 6.07) is 10.9. The van der Waals surface area contributed by atoms with Crippen molar-refractivity contribution in [2.24, 2.45) is 10.2 Å². The first-order chi connectivity index (χ1) is 13.7. The van der Waals surface area contributed by atoms with E-state index in [1.807, 2.05) is 29.2 Å². The Balaban J connectivity index is 2.02. The van der Waals surface area contributed by atoms with E-state index in [-0.39, 0.29) is 26.4 Å². The van der Waals surface area contributed by atoms with Crippen molar-refractivity contribution in [3.05, 3.63) is 42.6 Å². The predicted molar refractivity (Wildman–Crippen MR) is 108 cm³/mol. The molecule has 1 aromatic carbocycles. The molecule has 0 aliphatic carbocycles. The molecule has 0 fully saturated rings. The monoisotopic (exact) mass is 389 g/mol. The number of hydrogen-bond donors (Lipinski definition) is 4. The van der Waals surface area contributed by atoms with Crippen LogP contribution >= 0.6 is 0 Å². The third-order valence-corrected chi connectivity index (χ3v) is 4.03. The Bertz CT molecular complexity index is 636. The van der Waals surface area contributed by atoms with Gasteiger partial charge in [0.2, 0.25) is 0 Å². The topological polar surface area (TPSA) is 125 Å². The molecule has 0 aliphatic rings. The van der Waals surface area contributed by atoms with Gasteiger partial charge in [-0.2, -0.15) is 5.11 Å². The van der Waals surface area contributed by atoms with Crippen molar-refractivity contribution in [2.45, 2.75) is 0 Å². The van der Waals surface area contributed by atoms with Crippen molar-refractivity contribution in [1.82, 2.24) is 4.98 Å². The molecule has 1 aromatic heterocycles. The van der Waals surface area contributed by atoms with E-state index in [1.165, 1.54) is 0 Å². The summed E-state index contributed by atoms with van der Waals surface area (Å²) >= 11 is 0. The summed E-state index contributed by atoms with van der Waals surface area (Å²) in [6.07, 6.45) is 1.58. The summed E-state index contributed by atoms with van der Waals surface area (Å²) in [5.41, 5.74) is 2.15. The Morgan fingerprint density at radius 2 is 1.14 bits per heavy atom. The van der Waals surface area contributed by atoms with Crippen LogP contribution in [0.4, 0.5) is 22.9 Å². The number of aliphatic hydroxyl groups is 4. The maximum atomic E-state index is 9.11. The lowest BCUT2D eigenvalue weighted by molar-refractivity contribution is 0.280. The molecule has 9 heteroatoms. The Morgan fingerprint density at radius 3 is 1.64 bits per heavy atom. The van der Waals surface area contributed by atoms with Crippen LogP contribution in [-0.4, -0.2) is 78.0 Å². The van der Waals surface area contributed by atoms with Crippen LogP contribution in [0.1, 0.15) is 0 Å². The molecule has 0 saturated heterocycles. The SMILES string of the molecule is OCCN(CCO)c1ccc(N=Nc2ccc(N(CCO)CCO)nc2)cc1. The third-order valence-electron chi connectivity index (χ3n) is 4.03. The summed E-state index contributed by atoms with van der Waals surface area (Å²) in [6.45, 7) is 1.66. The van der Waals surface area contributed by atoms with Crippen LogP contribution in [0.25, 0.3) is 0 Å². The number of rotatable bonds is 12. The first-order valence-electron chi connectivity index (χ1n) is 9.13. The minimum atomic E-state index is -0.0207. The molecular weight excluding hydrogens is 362 g/mol. The van der Waals surface area contributed by atoms with E-state index >= 15 is 0 Å². The van der Waals surface area contributed by atoms with Crippen molar-refractivity contribution < 1.29 is 20.4 Å². The first-order valence-corrected chi connectivity index (χ1v) is 9.13. The third kappa shape index (κ3) is 6.54. The van der Waals surface area contributed by atoms with E-state index in [4.69, 9.17) is 20.4 Å². The minimum Gasteiger partial charge on any atom is -0.395 e. The average Bonchev–Trinajstić information content (AvgIpc) is 2.73. The lowest BCUT2D eigenvalue weighted by Crippen LogP contribution is -2.30. The number of aliphatic hydroxyl groups excluding tert-OH is 4. The molecule has 152 valence electrons. The van der Waals surface area contributed by atoms with Gasteiger partial charge in [-0.1, -0.05) is 0 Å². The normalized spacial score (nSPS) is 11.1. The molecule has 2 aromatic rings. The number of aromatic nitrogens is 1. The van der Waals surface area contributed by atoms with E-state index in [9.17, 15) is 0 Å². The highest BCUT2D eigenvalue weighted by Crippen LogP contribution is 2.23. The van der Waals surface area contributed by atoms with Crippen LogP contribution in [0, 0.1) is 0 Å². The highest BCUT2D eigenvalue weighted by atomic mass is 16.3. The van der Waals surface area contributed by atoms with Crippen LogP contribution in [0.15, 0.2) is 52.8 Å². The molecule has 1 heterocycles. The summed E-state index contributed by atoms with van der Waals surface area (Å²) in [5, 5.41) is 44.8. The molecule has 2 rings (SSSR count). The lowest BCUT2D eigenvalue weighted by Gasteiger charge is -2.22. The number of anilines is 2. The van der Waals surface area contributed by atoms with Crippen molar-refractivity contribution in [2.75, 3.05) is 62.4 Å². The molecule has 0 radical (unpaired) electrons. The number of hydrogen-bond acceptors (Lipinski definition) is 9. The van der Waals surface area contributed by atoms with Gasteiger partial charge in [0, 0.05) is 31.9 Å². The Kier molecular flexibility index (Phi) is 9.29. The van der Waals surface area contributed by atoms with Gasteiger partial charge in [0.15, 0.2) is 0 Å². The molecule has 0 amide bonds. The van der Waals surface area contributed by atoms with E-state index in [0.29, 0.717) is 43.4 Å². The van der Waals surface area contributed by atoms with Crippen molar-refractivity contribution in [3.63, 3.8) is 0 Å². The van der Waals surface area contributed by atoms with Crippen LogP contribution in [0.3, 0.4) is 0 Å². The van der Waals surface area contributed by atoms with Gasteiger partial charge < -0.3 is 30.2 Å². The Hall–Kier alpha value is -2.59. The molecule has 4 N–H and O–H groups in total. The molecule has 9 nitrogen and oxygen atoms in total. The zero-order valence-corrected chi connectivity index (χ0v) is 15.7. The maximum absolute atomic E-state index is 9.11. The highest BCUT2D eigenvalue weighted by Gasteiger charge is 2.07. The van der Waals surface area contributed by atoms with E-state index < -0.39 is 0 Å².